The molecular formula is C23H23N3O. The molecule has 0 saturated heterocycles. The number of imidazole rings is 1. The number of benzene rings is 2. The number of hydrogen-bond acceptors (Lipinski definition) is 3. The third kappa shape index (κ3) is 2.77. The molecule has 1 aromatic heterocycles. The van der Waals surface area contributed by atoms with Crippen molar-refractivity contribution in [2.45, 2.75) is 38.1 Å². The minimum Gasteiger partial charge on any atom is -0.413 e. The van der Waals surface area contributed by atoms with E-state index in [2.05, 4.69) is 54.3 Å². The van der Waals surface area contributed by atoms with Gasteiger partial charge in [0.15, 0.2) is 0 Å². The van der Waals surface area contributed by atoms with Gasteiger partial charge in [-0.2, -0.15) is 0 Å². The zero-order valence-corrected chi connectivity index (χ0v) is 15.7. The van der Waals surface area contributed by atoms with Crippen LogP contribution < -0.4 is 5.48 Å². The number of hydrogen-bond donors (Lipinski definition) is 2. The van der Waals surface area contributed by atoms with Crippen LogP contribution in [-0.4, -0.2) is 9.97 Å². The molecule has 0 spiro atoms. The minimum absolute atomic E-state index is 0.380. The molecule has 0 radical (unpaired) electrons. The van der Waals surface area contributed by atoms with Crippen LogP contribution in [0.2, 0.25) is 0 Å². The fourth-order valence-electron chi connectivity index (χ4n) is 3.81. The highest BCUT2D eigenvalue weighted by molar-refractivity contribution is 5.94. The molecule has 1 unspecified atom stereocenters. The molecule has 1 fully saturated rings. The molecule has 1 aliphatic carbocycles. The molecule has 5 rings (SSSR count). The predicted octanol–water partition coefficient (Wildman–Crippen LogP) is 5.16. The first-order valence-electron chi connectivity index (χ1n) is 9.46. The van der Waals surface area contributed by atoms with Crippen molar-refractivity contribution in [1.82, 2.24) is 15.4 Å². The monoisotopic (exact) mass is 357 g/mol. The third-order valence-corrected chi connectivity index (χ3v) is 5.53. The Kier molecular flexibility index (Phi) is 3.52. The molecule has 1 atom stereocenters. The lowest BCUT2D eigenvalue weighted by molar-refractivity contribution is 0.0853. The van der Waals surface area contributed by atoms with Crippen molar-refractivity contribution in [3.8, 4) is 0 Å². The molecule has 2 aromatic carbocycles. The van der Waals surface area contributed by atoms with Crippen LogP contribution in [0.5, 0.6) is 0 Å². The Balaban J connectivity index is 1.70. The van der Waals surface area contributed by atoms with Crippen LogP contribution in [0.1, 0.15) is 55.1 Å². The molecular weight excluding hydrogens is 334 g/mol. The van der Waals surface area contributed by atoms with E-state index in [1.165, 1.54) is 12.8 Å². The second kappa shape index (κ2) is 5.83. The van der Waals surface area contributed by atoms with E-state index in [-0.39, 0.29) is 5.54 Å². The highest BCUT2D eigenvalue weighted by Crippen LogP contribution is 2.41. The van der Waals surface area contributed by atoms with Crippen LogP contribution in [0.4, 0.5) is 0 Å². The quantitative estimate of drug-likeness (QED) is 0.678. The lowest BCUT2D eigenvalue weighted by Crippen LogP contribution is -2.32. The summed E-state index contributed by atoms with van der Waals surface area (Å²) in [7, 11) is 0. The number of rotatable bonds is 4. The van der Waals surface area contributed by atoms with E-state index in [1.54, 1.807) is 0 Å². The molecule has 4 heteroatoms. The SMILES string of the molecule is C=C(c1ccccc1)c1cc(C2(C)C=C(C)ON2)cc2[nH]c(C3CC3)nc12. The lowest BCUT2D eigenvalue weighted by Gasteiger charge is -2.22. The van der Waals surface area contributed by atoms with Crippen LogP contribution in [-0.2, 0) is 10.4 Å². The number of fused-ring (bicyclic) bond motifs is 1. The van der Waals surface area contributed by atoms with E-state index in [4.69, 9.17) is 9.82 Å². The van der Waals surface area contributed by atoms with Crippen LogP contribution in [0.25, 0.3) is 16.6 Å². The molecule has 2 aliphatic rings. The molecule has 0 bridgehead atoms. The minimum atomic E-state index is -0.380. The first-order valence-corrected chi connectivity index (χ1v) is 9.46. The fourth-order valence-corrected chi connectivity index (χ4v) is 3.81. The second-order valence-corrected chi connectivity index (χ2v) is 7.82. The number of hydroxylamine groups is 1. The number of nitrogens with one attached hydrogen (secondary N) is 2. The van der Waals surface area contributed by atoms with E-state index in [0.29, 0.717) is 5.92 Å². The molecule has 1 aliphatic heterocycles. The van der Waals surface area contributed by atoms with Gasteiger partial charge >= 0.3 is 0 Å². The number of aromatic amines is 1. The lowest BCUT2D eigenvalue weighted by atomic mass is 9.88. The molecule has 2 N–H and O–H groups in total. The Bertz CT molecular complexity index is 1080. The van der Waals surface area contributed by atoms with E-state index in [1.807, 2.05) is 25.1 Å². The second-order valence-electron chi connectivity index (χ2n) is 7.82. The number of nitrogens with zero attached hydrogens (tertiary/aromatic N) is 1. The van der Waals surface area contributed by atoms with Gasteiger partial charge in [0.1, 0.15) is 11.6 Å². The maximum absolute atomic E-state index is 5.54. The summed E-state index contributed by atoms with van der Waals surface area (Å²) in [5.74, 6) is 2.55. The standard InChI is InChI=1S/C23H23N3O/c1-14-13-23(3,26-27-14)18-11-19(15(2)16-7-5-4-6-8-16)21-20(12-18)24-22(25-21)17-9-10-17/h4-8,11-13,17,26H,2,9-10H2,1,3H3,(H,24,25). The van der Waals surface area contributed by atoms with Crippen LogP contribution in [0.3, 0.4) is 0 Å². The van der Waals surface area contributed by atoms with Crippen LogP contribution in [0, 0.1) is 0 Å². The predicted molar refractivity (Wildman–Crippen MR) is 108 cm³/mol. The van der Waals surface area contributed by atoms with Gasteiger partial charge in [0.2, 0.25) is 0 Å². The first-order chi connectivity index (χ1) is 13.0. The Morgan fingerprint density at radius 3 is 2.67 bits per heavy atom. The normalized spacial score (nSPS) is 21.9. The zero-order valence-electron chi connectivity index (χ0n) is 15.7. The van der Waals surface area contributed by atoms with Crippen molar-refractivity contribution < 1.29 is 4.84 Å². The van der Waals surface area contributed by atoms with Gasteiger partial charge in [0.05, 0.1) is 16.6 Å². The molecule has 2 heterocycles. The van der Waals surface area contributed by atoms with Crippen molar-refractivity contribution in [2.24, 2.45) is 0 Å². The highest BCUT2D eigenvalue weighted by Gasteiger charge is 2.33. The van der Waals surface area contributed by atoms with Gasteiger partial charge in [0.25, 0.3) is 0 Å². The van der Waals surface area contributed by atoms with Crippen molar-refractivity contribution in [2.75, 3.05) is 0 Å². The summed E-state index contributed by atoms with van der Waals surface area (Å²) < 4.78 is 0. The van der Waals surface area contributed by atoms with Gasteiger partial charge in [-0.15, -0.1) is 5.48 Å². The summed E-state index contributed by atoms with van der Waals surface area (Å²) >= 11 is 0. The number of aromatic nitrogens is 2. The van der Waals surface area contributed by atoms with Crippen molar-refractivity contribution in [3.63, 3.8) is 0 Å². The molecule has 0 amide bonds. The van der Waals surface area contributed by atoms with E-state index < -0.39 is 0 Å². The molecule has 136 valence electrons. The van der Waals surface area contributed by atoms with Gasteiger partial charge in [0, 0.05) is 11.5 Å². The van der Waals surface area contributed by atoms with Crippen LogP contribution >= 0.6 is 0 Å². The Morgan fingerprint density at radius 1 is 1.22 bits per heavy atom. The Morgan fingerprint density at radius 2 is 2.00 bits per heavy atom. The molecule has 4 nitrogen and oxygen atoms in total. The molecule has 27 heavy (non-hydrogen) atoms. The first kappa shape index (κ1) is 16.3. The van der Waals surface area contributed by atoms with Gasteiger partial charge in [-0.25, -0.2) is 4.98 Å². The summed E-state index contributed by atoms with van der Waals surface area (Å²) in [6, 6.07) is 14.7. The zero-order chi connectivity index (χ0) is 18.6. The van der Waals surface area contributed by atoms with Gasteiger partial charge in [-0.05, 0) is 61.6 Å². The summed E-state index contributed by atoms with van der Waals surface area (Å²) in [5.41, 5.74) is 9.12. The Hall–Kier alpha value is -2.85. The maximum Gasteiger partial charge on any atom is 0.119 e. The largest absolute Gasteiger partial charge is 0.413 e. The summed E-state index contributed by atoms with van der Waals surface area (Å²) in [6.07, 6.45) is 4.55. The molecule has 3 aromatic rings. The van der Waals surface area contributed by atoms with Gasteiger partial charge in [-0.1, -0.05) is 36.9 Å². The van der Waals surface area contributed by atoms with Gasteiger partial charge < -0.3 is 9.82 Å². The van der Waals surface area contributed by atoms with E-state index >= 15 is 0 Å². The highest BCUT2D eigenvalue weighted by atomic mass is 16.7. The average Bonchev–Trinajstić information content (AvgIpc) is 3.34. The average molecular weight is 357 g/mol. The third-order valence-electron chi connectivity index (χ3n) is 5.53. The van der Waals surface area contributed by atoms with Crippen molar-refractivity contribution in [3.05, 3.63) is 83.4 Å². The summed E-state index contributed by atoms with van der Waals surface area (Å²) in [5, 5.41) is 0. The molecule has 1 saturated carbocycles. The fraction of sp³-hybridized carbons (Fsp3) is 0.261. The van der Waals surface area contributed by atoms with Crippen molar-refractivity contribution >= 4 is 16.6 Å². The smallest absolute Gasteiger partial charge is 0.119 e. The summed E-state index contributed by atoms with van der Waals surface area (Å²) in [4.78, 5) is 14.0. The summed E-state index contributed by atoms with van der Waals surface area (Å²) in [6.45, 7) is 8.48. The number of allylic oxidation sites excluding steroid dienone is 1. The topological polar surface area (TPSA) is 49.9 Å². The van der Waals surface area contributed by atoms with E-state index in [0.717, 1.165) is 44.9 Å². The van der Waals surface area contributed by atoms with E-state index in [9.17, 15) is 0 Å². The van der Waals surface area contributed by atoms with Crippen LogP contribution in [0.15, 0.2) is 60.9 Å². The van der Waals surface area contributed by atoms with Crippen molar-refractivity contribution in [1.29, 1.82) is 0 Å². The number of H-pyrrole nitrogens is 1. The Labute approximate surface area is 158 Å². The van der Waals surface area contributed by atoms with Gasteiger partial charge in [-0.3, -0.25) is 0 Å². The maximum atomic E-state index is 5.54.